The van der Waals surface area contributed by atoms with Gasteiger partial charge in [0.2, 0.25) is 33.8 Å². The first-order valence-electron chi connectivity index (χ1n) is 22.1. The highest BCUT2D eigenvalue weighted by atomic mass is 32.2. The van der Waals surface area contributed by atoms with Crippen LogP contribution in [0.15, 0.2) is 18.2 Å². The van der Waals surface area contributed by atoms with Gasteiger partial charge in [0.05, 0.1) is 40.9 Å². The Kier molecular flexibility index (Phi) is 12.9. The van der Waals surface area contributed by atoms with Crippen LogP contribution in [0, 0.1) is 23.2 Å². The number of alkyl halides is 5. The Bertz CT molecular complexity index is 2230. The number of ether oxygens (including phenoxy) is 3. The second-order valence-electron chi connectivity index (χ2n) is 19.6. The maximum Gasteiger partial charge on any atom is 0.428 e. The van der Waals surface area contributed by atoms with Gasteiger partial charge in [0, 0.05) is 24.4 Å². The van der Waals surface area contributed by atoms with Crippen molar-refractivity contribution in [3.8, 4) is 11.6 Å². The summed E-state index contributed by atoms with van der Waals surface area (Å²) in [7, 11) is -2.83. The minimum absolute atomic E-state index is 0.0938. The Balaban J connectivity index is 1.31. The van der Waals surface area contributed by atoms with Gasteiger partial charge in [0.15, 0.2) is 0 Å². The highest BCUT2D eigenvalue weighted by Crippen LogP contribution is 2.52. The minimum Gasteiger partial charge on any atom is -0.497 e. The van der Waals surface area contributed by atoms with Crippen LogP contribution in [0.5, 0.6) is 11.6 Å². The third-order valence-electron chi connectivity index (χ3n) is 14.3. The molecule has 1 aromatic heterocycles. The molecule has 3 amide bonds. The second kappa shape index (κ2) is 17.3. The van der Waals surface area contributed by atoms with Crippen molar-refractivity contribution >= 4 is 39.0 Å². The Morgan fingerprint density at radius 1 is 1.06 bits per heavy atom. The molecule has 356 valence electrons. The minimum atomic E-state index is -4.92. The number of fused-ring (bicyclic) bond motifs is 5. The molecular weight excluding hydrogens is 872 g/mol. The first-order valence-corrected chi connectivity index (χ1v) is 23.6. The molecular formula is C43H59F5N6O9S. The summed E-state index contributed by atoms with van der Waals surface area (Å²) in [5, 5.41) is 17.4. The van der Waals surface area contributed by atoms with Gasteiger partial charge in [-0.3, -0.25) is 19.2 Å². The highest BCUT2D eigenvalue weighted by Gasteiger charge is 2.68. The molecule has 1 saturated heterocycles. The number of sulfonamides is 1. The van der Waals surface area contributed by atoms with Crippen LogP contribution in [0.1, 0.15) is 111 Å². The molecule has 4 fully saturated rings. The van der Waals surface area contributed by atoms with Crippen molar-refractivity contribution in [3.63, 3.8) is 0 Å². The second-order valence-corrected chi connectivity index (χ2v) is 21.8. The third-order valence-corrected chi connectivity index (χ3v) is 16.4. The third kappa shape index (κ3) is 8.92. The fourth-order valence-electron chi connectivity index (χ4n) is 9.95. The summed E-state index contributed by atoms with van der Waals surface area (Å²) in [5.74, 6) is -5.43. The fraction of sp³-hybridized carbons (Fsp3) is 0.744. The zero-order valence-electron chi connectivity index (χ0n) is 36.9. The van der Waals surface area contributed by atoms with Gasteiger partial charge in [-0.05, 0) is 88.7 Å². The van der Waals surface area contributed by atoms with Crippen molar-refractivity contribution in [1.29, 1.82) is 0 Å². The largest absolute Gasteiger partial charge is 0.497 e. The number of nitrogens with one attached hydrogen (secondary N) is 3. The summed E-state index contributed by atoms with van der Waals surface area (Å²) in [6.45, 7) is 7.71. The van der Waals surface area contributed by atoms with E-state index in [-0.39, 0.29) is 50.9 Å². The number of nitrogens with zero attached hydrogens (tertiary/aromatic N) is 3. The molecule has 0 spiro atoms. The van der Waals surface area contributed by atoms with Crippen LogP contribution in [-0.4, -0.2) is 113 Å². The molecule has 2 aromatic rings. The summed E-state index contributed by atoms with van der Waals surface area (Å²) in [4.78, 5) is 53.3. The monoisotopic (exact) mass is 930 g/mol. The van der Waals surface area contributed by atoms with Crippen molar-refractivity contribution in [2.24, 2.45) is 23.2 Å². The van der Waals surface area contributed by atoms with Crippen LogP contribution < -0.4 is 24.8 Å². The van der Waals surface area contributed by atoms with Crippen LogP contribution in [-0.2, 0) is 30.8 Å². The molecule has 2 unspecified atom stereocenters. The van der Waals surface area contributed by atoms with E-state index in [0.29, 0.717) is 48.2 Å². The number of hydrogen-bond acceptors (Lipinski definition) is 12. The standard InChI is InChI=1S/C43H59F5N6O9S/c1-7-25-30-22-54(31(25)34(55)52-41(21-26(41)33(44)45)37(57)53-64(59,60)40(5)18-19-40)36(56)32(39(2,3)4)51-38(58)63-42(43(46,47)48)17-11-13-23(42)12-9-8-10-14-28-35(62-30)50-29-20-24(61-6)15-16-27(29)49-28/h15-16,20,23,25-26,30-33,36,56H,7-14,17-19,21-22H2,1-6H3,(H,51,58)(H,52,55)(H,53,57)/t23-,25-,26+,30+,31+,32-,36?,41-,42+/m1/s1. The number of alkyl carbamates (subject to hydrolysis) is 1. The van der Waals surface area contributed by atoms with Gasteiger partial charge in [-0.2, -0.15) is 13.2 Å². The van der Waals surface area contributed by atoms with Gasteiger partial charge in [-0.1, -0.05) is 40.5 Å². The summed E-state index contributed by atoms with van der Waals surface area (Å²) in [6.07, 6.45) is -10.5. The maximum absolute atomic E-state index is 15.1. The molecule has 64 heavy (non-hydrogen) atoms. The van der Waals surface area contributed by atoms with Crippen molar-refractivity contribution < 1.29 is 64.1 Å². The summed E-state index contributed by atoms with van der Waals surface area (Å²) < 4.78 is 119. The van der Waals surface area contributed by atoms with Crippen molar-refractivity contribution in [2.75, 3.05) is 13.7 Å². The number of hydrogen-bond donors (Lipinski definition) is 4. The van der Waals surface area contributed by atoms with Crippen LogP contribution >= 0.6 is 0 Å². The van der Waals surface area contributed by atoms with E-state index in [9.17, 15) is 36.7 Å². The lowest BCUT2D eigenvalue weighted by Gasteiger charge is -2.42. The Morgan fingerprint density at radius 2 is 1.77 bits per heavy atom. The average molecular weight is 931 g/mol. The first-order chi connectivity index (χ1) is 29.9. The molecule has 2 aliphatic heterocycles. The van der Waals surface area contributed by atoms with Crippen molar-refractivity contribution in [1.82, 2.24) is 30.2 Å². The van der Waals surface area contributed by atoms with Crippen molar-refractivity contribution in [2.45, 2.75) is 165 Å². The molecule has 1 aromatic carbocycles. The number of benzene rings is 1. The number of aliphatic hydroxyl groups is 1. The van der Waals surface area contributed by atoms with Gasteiger partial charge < -0.3 is 30.0 Å². The molecule has 3 aliphatic carbocycles. The van der Waals surface area contributed by atoms with Crippen LogP contribution in [0.25, 0.3) is 11.0 Å². The molecule has 10 atom stereocenters. The molecule has 21 heteroatoms. The number of amides is 3. The fourth-order valence-corrected chi connectivity index (χ4v) is 11.3. The zero-order valence-corrected chi connectivity index (χ0v) is 37.7. The molecule has 4 N–H and O–H groups in total. The van der Waals surface area contributed by atoms with E-state index in [1.54, 1.807) is 45.9 Å². The Labute approximate surface area is 369 Å². The number of aliphatic hydroxyl groups excluding tert-OH is 1. The van der Waals surface area contributed by atoms with Crippen LogP contribution in [0.4, 0.5) is 26.7 Å². The SMILES string of the molecule is CC[C@@H]1[C@@H]2CN(C(O)[C@H](C(C)(C)C)NC(=O)O[C@@]3(C(F)(F)F)CCC[C@H]3CCCCCc3nc4ccc(OC)cc4nc3O2)[C@@H]1C(=O)N[C@]1(C(=O)NS(=O)(=O)C2(C)CC2)C[C@H]1C(F)F. The summed E-state index contributed by atoms with van der Waals surface area (Å²) >= 11 is 0. The predicted molar refractivity (Wildman–Crippen MR) is 222 cm³/mol. The van der Waals surface area contributed by atoms with Gasteiger partial charge in [0.25, 0.3) is 5.91 Å². The zero-order chi connectivity index (χ0) is 46.8. The normalized spacial score (nSPS) is 33.4. The van der Waals surface area contributed by atoms with E-state index in [1.807, 2.05) is 4.72 Å². The summed E-state index contributed by atoms with van der Waals surface area (Å²) in [6, 6.07) is 2.18. The van der Waals surface area contributed by atoms with Gasteiger partial charge in [-0.25, -0.2) is 32.0 Å². The number of carbonyl (C=O) groups is 3. The van der Waals surface area contributed by atoms with E-state index in [4.69, 9.17) is 24.2 Å². The lowest BCUT2D eigenvalue weighted by atomic mass is 9.84. The number of rotatable bonds is 8. The molecule has 7 rings (SSSR count). The summed E-state index contributed by atoms with van der Waals surface area (Å²) in [5.41, 5.74) is -4.90. The molecule has 3 heterocycles. The topological polar surface area (TPSA) is 198 Å². The van der Waals surface area contributed by atoms with Crippen LogP contribution in [0.3, 0.4) is 0 Å². The van der Waals surface area contributed by atoms with E-state index in [0.717, 1.165) is 0 Å². The molecule has 2 bridgehead atoms. The van der Waals surface area contributed by atoms with Gasteiger partial charge >= 0.3 is 12.3 Å². The van der Waals surface area contributed by atoms with E-state index < -0.39 is 117 Å². The average Bonchev–Trinajstić information content (AvgIpc) is 4.06. The molecule has 15 nitrogen and oxygen atoms in total. The van der Waals surface area contributed by atoms with E-state index >= 15 is 13.2 Å². The van der Waals surface area contributed by atoms with E-state index in [1.165, 1.54) is 18.9 Å². The smallest absolute Gasteiger partial charge is 0.428 e. The first kappa shape index (κ1) is 47.8. The number of methoxy groups -OCH3 is 1. The lowest BCUT2D eigenvalue weighted by molar-refractivity contribution is -0.271. The number of halogens is 5. The number of aryl methyl sites for hydroxylation is 1. The molecule has 5 aliphatic rings. The van der Waals surface area contributed by atoms with Crippen molar-refractivity contribution in [3.05, 3.63) is 23.9 Å². The van der Waals surface area contributed by atoms with E-state index in [2.05, 4.69) is 10.6 Å². The lowest BCUT2D eigenvalue weighted by Crippen LogP contribution is -2.63. The highest BCUT2D eigenvalue weighted by molar-refractivity contribution is 7.91. The maximum atomic E-state index is 15.1. The van der Waals surface area contributed by atoms with Crippen LogP contribution in [0.2, 0.25) is 0 Å². The molecule has 0 radical (unpaired) electrons. The predicted octanol–water partition coefficient (Wildman–Crippen LogP) is 5.91. The Morgan fingerprint density at radius 3 is 2.38 bits per heavy atom. The van der Waals surface area contributed by atoms with Gasteiger partial charge in [-0.15, -0.1) is 0 Å². The number of carbonyl (C=O) groups excluding carboxylic acids is 3. The Hall–Kier alpha value is -4.11. The number of aromatic nitrogens is 2. The van der Waals surface area contributed by atoms with Gasteiger partial charge in [0.1, 0.15) is 29.3 Å². The quantitative estimate of drug-likeness (QED) is 0.229. The molecule has 3 saturated carbocycles.